The predicted octanol–water partition coefficient (Wildman–Crippen LogP) is 4.68. The molecule has 0 spiro atoms. The van der Waals surface area contributed by atoms with E-state index in [1.807, 2.05) is 77.7 Å². The first kappa shape index (κ1) is 45.5. The van der Waals surface area contributed by atoms with Crippen LogP contribution in [0.3, 0.4) is 0 Å². The summed E-state index contributed by atoms with van der Waals surface area (Å²) in [6.07, 6.45) is -4.23. The molecule has 2 aliphatic heterocycles. The number of hydrogen-bond donors (Lipinski definition) is 4. The minimum Gasteiger partial charge on any atom is -0.479 e. The summed E-state index contributed by atoms with van der Waals surface area (Å²) in [5.74, 6) is -10.3. The maximum absolute atomic E-state index is 13.7. The fourth-order valence-electron chi connectivity index (χ4n) is 7.11. The molecular weight excluding hydrogens is 733 g/mol. The average Bonchev–Trinajstić information content (AvgIpc) is 3.31. The molecule has 2 bridgehead atoms. The summed E-state index contributed by atoms with van der Waals surface area (Å²) in [4.78, 5) is 65.6. The van der Waals surface area contributed by atoms with Crippen LogP contribution in [0.1, 0.15) is 65.9 Å². The van der Waals surface area contributed by atoms with Gasteiger partial charge in [-0.3, -0.25) is 4.79 Å². The Balaban J connectivity index is 2.09. The molecule has 1 aromatic rings. The van der Waals surface area contributed by atoms with Crippen molar-refractivity contribution in [3.8, 4) is 0 Å². The minimum absolute atomic E-state index is 0.110. The van der Waals surface area contributed by atoms with Gasteiger partial charge in [0.1, 0.15) is 12.2 Å². The molecule has 0 aromatic heterocycles. The van der Waals surface area contributed by atoms with E-state index in [2.05, 4.69) is 6.58 Å². The molecule has 306 valence electrons. The molecule has 0 radical (unpaired) electrons. The number of ether oxygens (including phenoxy) is 5. The van der Waals surface area contributed by atoms with Crippen molar-refractivity contribution >= 4 is 37.9 Å². The number of rotatable bonds is 20. The van der Waals surface area contributed by atoms with E-state index in [-0.39, 0.29) is 24.9 Å². The van der Waals surface area contributed by atoms with Gasteiger partial charge in [-0.25, -0.2) is 19.2 Å². The number of allylic oxidation sites excluding steroid dienone is 1. The molecule has 14 nitrogen and oxygen atoms in total. The number of carboxylic acids is 2. The lowest BCUT2D eigenvalue weighted by atomic mass is 9.74. The fraction of sp³-hybridized carbons (Fsp3) is 0.625. The van der Waals surface area contributed by atoms with Crippen LogP contribution in [0.5, 0.6) is 0 Å². The Morgan fingerprint density at radius 3 is 2.22 bits per heavy atom. The highest BCUT2D eigenvalue weighted by atomic mass is 28.3. The largest absolute Gasteiger partial charge is 0.479 e. The number of aliphatic hydroxyl groups excluding tert-OH is 1. The van der Waals surface area contributed by atoms with Crippen molar-refractivity contribution in [1.29, 1.82) is 0 Å². The first-order valence-corrected chi connectivity index (χ1v) is 22.4. The molecule has 2 heterocycles. The maximum atomic E-state index is 13.7. The second-order valence-corrected chi connectivity index (χ2v) is 21.9. The molecule has 55 heavy (non-hydrogen) atoms. The van der Waals surface area contributed by atoms with Gasteiger partial charge in [0.2, 0.25) is 23.1 Å². The lowest BCUT2D eigenvalue weighted by Crippen LogP contribution is -2.78. The summed E-state index contributed by atoms with van der Waals surface area (Å²) in [6, 6.07) is 9.84. The number of benzene rings is 1. The number of esters is 3. The smallest absolute Gasteiger partial charge is 0.344 e. The van der Waals surface area contributed by atoms with Crippen LogP contribution in [0.2, 0.25) is 25.7 Å². The van der Waals surface area contributed by atoms with Crippen molar-refractivity contribution in [2.24, 2.45) is 17.8 Å². The molecule has 10 atom stereocenters. The normalized spacial score (nSPS) is 28.4. The van der Waals surface area contributed by atoms with Crippen LogP contribution >= 0.6 is 0 Å². The molecular formula is C40H58O14Si. The molecule has 3 rings (SSSR count). The SMILES string of the molecule is C=C(CCC12OC(C(=O)OCC[Si](C)(C)C)C(O)(C(=O)O)C(C(=O)O)(O1)C(OC(=O)/C=C/C(C)CC(C)CC)C2O)C(OC(C)=O)C(C)Cc1ccccc1. The van der Waals surface area contributed by atoms with E-state index < -0.39 is 85.7 Å². The van der Waals surface area contributed by atoms with Crippen molar-refractivity contribution in [2.45, 2.75) is 134 Å². The monoisotopic (exact) mass is 790 g/mol. The van der Waals surface area contributed by atoms with Gasteiger partial charge in [-0.05, 0) is 48.3 Å². The summed E-state index contributed by atoms with van der Waals surface area (Å²) in [5, 5.41) is 45.2. The molecule has 1 aromatic carbocycles. The standard InChI is InChI=1S/C40H58O14Si/c1-10-24(2)22-25(3)16-17-30(42)52-33-32(43)38(19-18-26(4)31(51-28(6)41)27(5)23-29-14-12-11-13-15-29)53-34(35(44)50-20-21-55(7,8)9)39(49,36(45)46)40(33,54-38)37(47)48/h11-17,24-25,27,31-34,43,49H,4,10,18-23H2,1-3,5-9H3,(H,45,46)(H,47,48)/b17-16+. The first-order valence-electron chi connectivity index (χ1n) is 18.7. The van der Waals surface area contributed by atoms with Crippen LogP contribution in [-0.2, 0) is 54.1 Å². The number of fused-ring (bicyclic) bond motifs is 2. The molecule has 0 amide bonds. The van der Waals surface area contributed by atoms with Gasteiger partial charge in [-0.1, -0.05) is 96.7 Å². The Bertz CT molecular complexity index is 1590. The van der Waals surface area contributed by atoms with E-state index in [0.29, 0.717) is 30.4 Å². The minimum atomic E-state index is -3.78. The van der Waals surface area contributed by atoms with E-state index in [9.17, 15) is 44.4 Å². The Morgan fingerprint density at radius 1 is 1.04 bits per heavy atom. The summed E-state index contributed by atoms with van der Waals surface area (Å²) < 4.78 is 28.3. The zero-order valence-electron chi connectivity index (χ0n) is 33.1. The number of aliphatic carboxylic acids is 2. The Kier molecular flexibility index (Phi) is 15.2. The molecule has 10 unspecified atom stereocenters. The molecule has 4 N–H and O–H groups in total. The molecule has 0 saturated carbocycles. The highest BCUT2D eigenvalue weighted by molar-refractivity contribution is 6.76. The first-order chi connectivity index (χ1) is 25.5. The van der Waals surface area contributed by atoms with Crippen LogP contribution < -0.4 is 0 Å². The predicted molar refractivity (Wildman–Crippen MR) is 202 cm³/mol. The van der Waals surface area contributed by atoms with Gasteiger partial charge in [0, 0.05) is 33.4 Å². The second kappa shape index (κ2) is 18.4. The van der Waals surface area contributed by atoms with Crippen molar-refractivity contribution in [3.05, 3.63) is 60.2 Å². The van der Waals surface area contributed by atoms with Crippen molar-refractivity contribution in [3.63, 3.8) is 0 Å². The summed E-state index contributed by atoms with van der Waals surface area (Å²) in [6.45, 7) is 18.9. The fourth-order valence-corrected chi connectivity index (χ4v) is 7.82. The molecule has 2 saturated heterocycles. The van der Waals surface area contributed by atoms with Gasteiger partial charge in [0.15, 0.2) is 6.10 Å². The molecule has 2 aliphatic rings. The number of carboxylic acid groups (broad SMARTS) is 2. The van der Waals surface area contributed by atoms with Crippen molar-refractivity contribution < 1.29 is 68.1 Å². The molecule has 15 heteroatoms. The van der Waals surface area contributed by atoms with Crippen molar-refractivity contribution in [2.75, 3.05) is 6.61 Å². The van der Waals surface area contributed by atoms with Crippen LogP contribution in [0.4, 0.5) is 0 Å². The van der Waals surface area contributed by atoms with Gasteiger partial charge in [0.05, 0.1) is 6.61 Å². The molecule has 0 aliphatic carbocycles. The van der Waals surface area contributed by atoms with Gasteiger partial charge in [-0.2, -0.15) is 0 Å². The number of carbonyl (C=O) groups excluding carboxylic acids is 3. The van der Waals surface area contributed by atoms with Crippen molar-refractivity contribution in [1.82, 2.24) is 0 Å². The average molecular weight is 791 g/mol. The van der Waals surface area contributed by atoms with Gasteiger partial charge in [0.25, 0.3) is 0 Å². The third kappa shape index (κ3) is 10.3. The van der Waals surface area contributed by atoms with E-state index >= 15 is 0 Å². The lowest BCUT2D eigenvalue weighted by Gasteiger charge is -2.49. The number of hydrogen-bond acceptors (Lipinski definition) is 12. The third-order valence-corrected chi connectivity index (χ3v) is 12.1. The quantitative estimate of drug-likeness (QED) is 0.0465. The highest BCUT2D eigenvalue weighted by Crippen LogP contribution is 2.56. The number of carbonyl (C=O) groups is 5. The Morgan fingerprint density at radius 2 is 1.67 bits per heavy atom. The highest BCUT2D eigenvalue weighted by Gasteiger charge is 2.86. The van der Waals surface area contributed by atoms with Crippen LogP contribution in [0.15, 0.2) is 54.6 Å². The maximum Gasteiger partial charge on any atom is 0.344 e. The zero-order chi connectivity index (χ0) is 41.5. The van der Waals surface area contributed by atoms with Crippen LogP contribution in [0.25, 0.3) is 0 Å². The Labute approximate surface area is 323 Å². The third-order valence-electron chi connectivity index (χ3n) is 10.4. The van der Waals surface area contributed by atoms with Crippen LogP contribution in [0, 0.1) is 17.8 Å². The van der Waals surface area contributed by atoms with Gasteiger partial charge in [-0.15, -0.1) is 0 Å². The topological polar surface area (TPSA) is 212 Å². The van der Waals surface area contributed by atoms with E-state index in [1.54, 1.807) is 0 Å². The summed E-state index contributed by atoms with van der Waals surface area (Å²) in [5.41, 5.74) is -6.02. The number of aliphatic hydroxyl groups is 2. The lowest BCUT2D eigenvalue weighted by molar-refractivity contribution is -0.374. The van der Waals surface area contributed by atoms with E-state index in [0.717, 1.165) is 18.1 Å². The molecule has 2 fully saturated rings. The van der Waals surface area contributed by atoms with Gasteiger partial charge < -0.3 is 44.1 Å². The van der Waals surface area contributed by atoms with Gasteiger partial charge >= 0.3 is 29.8 Å². The van der Waals surface area contributed by atoms with Crippen LogP contribution in [-0.4, -0.2) is 106 Å². The van der Waals surface area contributed by atoms with E-state index in [4.69, 9.17) is 23.7 Å². The zero-order valence-corrected chi connectivity index (χ0v) is 34.1. The Hall–Kier alpha value is -3.89. The van der Waals surface area contributed by atoms with E-state index in [1.165, 1.54) is 13.0 Å². The summed E-state index contributed by atoms with van der Waals surface area (Å²) in [7, 11) is -1.81. The summed E-state index contributed by atoms with van der Waals surface area (Å²) >= 11 is 0. The second-order valence-electron chi connectivity index (χ2n) is 16.2.